The summed E-state index contributed by atoms with van der Waals surface area (Å²) in [4.78, 5) is 17.1. The Morgan fingerprint density at radius 2 is 1.66 bits per heavy atom. The first-order valence-corrected chi connectivity index (χ1v) is 13.3. The summed E-state index contributed by atoms with van der Waals surface area (Å²) in [7, 11) is 0. The molecule has 1 aliphatic heterocycles. The van der Waals surface area contributed by atoms with Crippen molar-refractivity contribution in [1.82, 2.24) is 4.90 Å². The number of carbonyl (C=O) groups is 1. The average molecular weight is 486 g/mol. The van der Waals surface area contributed by atoms with Crippen LogP contribution in [-0.2, 0) is 0 Å². The predicted octanol–water partition coefficient (Wildman–Crippen LogP) is 7.15. The maximum Gasteiger partial charge on any atom is 0.195 e. The van der Waals surface area contributed by atoms with Crippen molar-refractivity contribution in [2.75, 3.05) is 26.2 Å². The van der Waals surface area contributed by atoms with Crippen LogP contribution in [0.3, 0.4) is 0 Å². The molecule has 0 amide bonds. The van der Waals surface area contributed by atoms with Crippen LogP contribution in [0.1, 0.15) is 48.0 Å². The Hall–Kier alpha value is -3.15. The van der Waals surface area contributed by atoms with Gasteiger partial charge >= 0.3 is 0 Å². The Kier molecular flexibility index (Phi) is 7.45. The van der Waals surface area contributed by atoms with E-state index in [0.717, 1.165) is 39.2 Å². The molecule has 3 aromatic carbocycles. The van der Waals surface area contributed by atoms with Crippen LogP contribution < -0.4 is 4.74 Å². The molecule has 5 heteroatoms. The summed E-state index contributed by atoms with van der Waals surface area (Å²) in [6.45, 7) is 4.18. The van der Waals surface area contributed by atoms with Crippen molar-refractivity contribution in [3.63, 3.8) is 0 Å². The Morgan fingerprint density at radius 1 is 0.914 bits per heavy atom. The van der Waals surface area contributed by atoms with Gasteiger partial charge in [-0.05, 0) is 80.4 Å². The number of benzene rings is 3. The first-order valence-electron chi connectivity index (χ1n) is 12.5. The van der Waals surface area contributed by atoms with Gasteiger partial charge in [-0.1, -0.05) is 43.2 Å². The molecule has 0 unspecified atom stereocenters. The van der Waals surface area contributed by atoms with Crippen LogP contribution in [0.4, 0.5) is 0 Å². The highest BCUT2D eigenvalue weighted by atomic mass is 32.1. The zero-order valence-corrected chi connectivity index (χ0v) is 20.7. The van der Waals surface area contributed by atoms with Crippen molar-refractivity contribution in [3.8, 4) is 21.9 Å². The first kappa shape index (κ1) is 23.6. The van der Waals surface area contributed by atoms with Gasteiger partial charge in [0.1, 0.15) is 11.5 Å². The average Bonchev–Trinajstić information content (AvgIpc) is 3.06. The normalized spacial score (nSPS) is 14.6. The van der Waals surface area contributed by atoms with Crippen LogP contribution in [-0.4, -0.2) is 42.0 Å². The fraction of sp³-hybridized carbons (Fsp3) is 0.300. The lowest BCUT2D eigenvalue weighted by molar-refractivity contribution is 0.104. The molecule has 1 aliphatic rings. The number of fused-ring (bicyclic) bond motifs is 1. The second kappa shape index (κ2) is 11.1. The summed E-state index contributed by atoms with van der Waals surface area (Å²) < 4.78 is 6.87. The summed E-state index contributed by atoms with van der Waals surface area (Å²) in [5.74, 6) is 0.976. The summed E-state index contributed by atoms with van der Waals surface area (Å²) in [6.07, 6.45) is 6.34. The number of ketones is 1. The van der Waals surface area contributed by atoms with E-state index in [0.29, 0.717) is 17.7 Å². The molecule has 5 rings (SSSR count). The fourth-order valence-corrected chi connectivity index (χ4v) is 6.03. The number of hydrogen-bond donors (Lipinski definition) is 1. The van der Waals surface area contributed by atoms with Gasteiger partial charge in [0.05, 0.1) is 6.61 Å². The van der Waals surface area contributed by atoms with Gasteiger partial charge in [-0.15, -0.1) is 11.3 Å². The smallest absolute Gasteiger partial charge is 0.195 e. The van der Waals surface area contributed by atoms with Crippen LogP contribution in [0.5, 0.6) is 11.5 Å². The molecule has 1 fully saturated rings. The number of nitrogens with zero attached hydrogens (tertiary/aromatic N) is 1. The number of carbonyl (C=O) groups excluding carboxylic acids is 1. The minimum absolute atomic E-state index is 0.0199. The third-order valence-corrected chi connectivity index (χ3v) is 7.84. The predicted molar refractivity (Wildman–Crippen MR) is 144 cm³/mol. The van der Waals surface area contributed by atoms with Crippen LogP contribution in [0.15, 0.2) is 72.8 Å². The van der Waals surface area contributed by atoms with E-state index in [1.165, 1.54) is 50.1 Å². The molecule has 4 aromatic rings. The van der Waals surface area contributed by atoms with Crippen molar-refractivity contribution in [3.05, 3.63) is 83.9 Å². The van der Waals surface area contributed by atoms with Gasteiger partial charge in [0.2, 0.25) is 0 Å². The van der Waals surface area contributed by atoms with Crippen LogP contribution in [0.25, 0.3) is 20.5 Å². The molecule has 1 aromatic heterocycles. The topological polar surface area (TPSA) is 49.8 Å². The van der Waals surface area contributed by atoms with E-state index in [1.54, 1.807) is 12.1 Å². The zero-order chi connectivity index (χ0) is 24.0. The highest BCUT2D eigenvalue weighted by Crippen LogP contribution is 2.41. The van der Waals surface area contributed by atoms with Crippen molar-refractivity contribution in [2.24, 2.45) is 0 Å². The van der Waals surface area contributed by atoms with Gasteiger partial charge in [0, 0.05) is 32.6 Å². The molecule has 0 spiro atoms. The number of phenolic OH excluding ortho intramolecular Hbond substituents is 1. The van der Waals surface area contributed by atoms with E-state index >= 15 is 0 Å². The Bertz CT molecular complexity index is 1270. The Labute approximate surface area is 210 Å². The molecule has 35 heavy (non-hydrogen) atoms. The SMILES string of the molecule is O=C(c1ccc(OCCCN2CCCCCC2)cc1)c1c(-c2ccccc2)sc2cc(O)ccc12. The Balaban J connectivity index is 1.30. The summed E-state index contributed by atoms with van der Waals surface area (Å²) in [5, 5.41) is 10.8. The number of aromatic hydroxyl groups is 1. The third kappa shape index (κ3) is 5.58. The van der Waals surface area contributed by atoms with Crippen LogP contribution >= 0.6 is 11.3 Å². The maximum absolute atomic E-state index is 13.7. The summed E-state index contributed by atoms with van der Waals surface area (Å²) >= 11 is 1.53. The van der Waals surface area contributed by atoms with Gasteiger partial charge in [-0.2, -0.15) is 0 Å². The van der Waals surface area contributed by atoms with Crippen molar-refractivity contribution >= 4 is 27.2 Å². The lowest BCUT2D eigenvalue weighted by Gasteiger charge is -2.19. The number of hydrogen-bond acceptors (Lipinski definition) is 5. The molecule has 1 saturated heterocycles. The van der Waals surface area contributed by atoms with Gasteiger partial charge in [0.25, 0.3) is 0 Å². The van der Waals surface area contributed by atoms with Gasteiger partial charge in [-0.3, -0.25) is 4.79 Å². The number of rotatable bonds is 8. The van der Waals surface area contributed by atoms with Gasteiger partial charge in [0.15, 0.2) is 5.78 Å². The second-order valence-corrected chi connectivity index (χ2v) is 10.2. The fourth-order valence-electron chi connectivity index (χ4n) is 4.79. The zero-order valence-electron chi connectivity index (χ0n) is 19.9. The van der Waals surface area contributed by atoms with Crippen LogP contribution in [0, 0.1) is 0 Å². The van der Waals surface area contributed by atoms with Crippen molar-refractivity contribution in [2.45, 2.75) is 32.1 Å². The second-order valence-electron chi connectivity index (χ2n) is 9.16. The molecule has 0 aliphatic carbocycles. The largest absolute Gasteiger partial charge is 0.508 e. The number of thiophene rings is 1. The van der Waals surface area contributed by atoms with Gasteiger partial charge < -0.3 is 14.7 Å². The minimum atomic E-state index is -0.0199. The molecule has 1 N–H and O–H groups in total. The number of likely N-dealkylation sites (tertiary alicyclic amines) is 1. The highest BCUT2D eigenvalue weighted by Gasteiger charge is 2.22. The van der Waals surface area contributed by atoms with E-state index in [1.807, 2.05) is 60.7 Å². The first-order chi connectivity index (χ1) is 17.2. The van der Waals surface area contributed by atoms with Crippen molar-refractivity contribution < 1.29 is 14.6 Å². The minimum Gasteiger partial charge on any atom is -0.508 e. The van der Waals surface area contributed by atoms with Crippen molar-refractivity contribution in [1.29, 1.82) is 0 Å². The monoisotopic (exact) mass is 485 g/mol. The van der Waals surface area contributed by atoms with Crippen LogP contribution in [0.2, 0.25) is 0 Å². The number of phenols is 1. The van der Waals surface area contributed by atoms with E-state index in [4.69, 9.17) is 4.74 Å². The van der Waals surface area contributed by atoms with E-state index < -0.39 is 0 Å². The Morgan fingerprint density at radius 3 is 2.40 bits per heavy atom. The molecule has 4 nitrogen and oxygen atoms in total. The van der Waals surface area contributed by atoms with E-state index in [-0.39, 0.29) is 11.5 Å². The molecular weight excluding hydrogens is 454 g/mol. The summed E-state index contributed by atoms with van der Waals surface area (Å²) in [6, 6.07) is 22.6. The third-order valence-electron chi connectivity index (χ3n) is 6.64. The quantitative estimate of drug-likeness (QED) is 0.213. The maximum atomic E-state index is 13.7. The lowest BCUT2D eigenvalue weighted by Crippen LogP contribution is -2.26. The van der Waals surface area contributed by atoms with E-state index in [2.05, 4.69) is 4.90 Å². The molecule has 180 valence electrons. The molecule has 0 saturated carbocycles. The molecule has 2 heterocycles. The molecule has 0 radical (unpaired) electrons. The summed E-state index contributed by atoms with van der Waals surface area (Å²) in [5.41, 5.74) is 2.31. The number of ether oxygens (including phenoxy) is 1. The lowest BCUT2D eigenvalue weighted by atomic mass is 9.97. The highest BCUT2D eigenvalue weighted by molar-refractivity contribution is 7.22. The van der Waals surface area contributed by atoms with E-state index in [9.17, 15) is 9.90 Å². The molecule has 0 atom stereocenters. The molecule has 0 bridgehead atoms. The van der Waals surface area contributed by atoms with Gasteiger partial charge in [-0.25, -0.2) is 0 Å². The standard InChI is InChI=1S/C30H31NO3S/c32-24-13-16-26-27(21-24)35-30(23-9-4-3-5-10-23)28(26)29(33)22-11-14-25(15-12-22)34-20-8-19-31-17-6-1-2-7-18-31/h3-5,9-16,21,32H,1-2,6-8,17-20H2. The molecular formula is C30H31NO3S.